The second-order valence-electron chi connectivity index (χ2n) is 6.03. The van der Waals surface area contributed by atoms with Gasteiger partial charge in [0.25, 0.3) is 0 Å². The SMILES string of the molecule is CC1CN(CC(=O)Nc2cccc(N)c2)CC(C)(C)O1. The zero-order valence-electron chi connectivity index (χ0n) is 12.3. The Bertz CT molecular complexity index is 488. The van der Waals surface area contributed by atoms with E-state index in [4.69, 9.17) is 10.5 Å². The van der Waals surface area contributed by atoms with Crippen molar-refractivity contribution in [1.82, 2.24) is 4.90 Å². The highest BCUT2D eigenvalue weighted by Gasteiger charge is 2.31. The van der Waals surface area contributed by atoms with Gasteiger partial charge in [-0.3, -0.25) is 9.69 Å². The molecule has 1 fully saturated rings. The number of ether oxygens (including phenoxy) is 1. The molecule has 1 saturated heterocycles. The van der Waals surface area contributed by atoms with Crippen molar-refractivity contribution < 1.29 is 9.53 Å². The quantitative estimate of drug-likeness (QED) is 0.825. The van der Waals surface area contributed by atoms with Crippen LogP contribution in [0.15, 0.2) is 24.3 Å². The van der Waals surface area contributed by atoms with Gasteiger partial charge in [0.15, 0.2) is 0 Å². The number of morpholine rings is 1. The van der Waals surface area contributed by atoms with Crippen molar-refractivity contribution in [2.75, 3.05) is 30.7 Å². The second kappa shape index (κ2) is 5.81. The smallest absolute Gasteiger partial charge is 0.238 e. The summed E-state index contributed by atoms with van der Waals surface area (Å²) in [7, 11) is 0. The molecule has 2 rings (SSSR count). The van der Waals surface area contributed by atoms with Crippen LogP contribution >= 0.6 is 0 Å². The molecule has 1 atom stereocenters. The number of nitrogen functional groups attached to an aromatic ring is 1. The molecule has 0 aromatic heterocycles. The summed E-state index contributed by atoms with van der Waals surface area (Å²) in [4.78, 5) is 14.2. The molecule has 0 spiro atoms. The summed E-state index contributed by atoms with van der Waals surface area (Å²) in [5.41, 5.74) is 6.86. The van der Waals surface area contributed by atoms with Crippen molar-refractivity contribution in [1.29, 1.82) is 0 Å². The molecule has 5 heteroatoms. The normalized spacial score (nSPS) is 22.4. The minimum Gasteiger partial charge on any atom is -0.399 e. The van der Waals surface area contributed by atoms with Crippen molar-refractivity contribution in [3.05, 3.63) is 24.3 Å². The summed E-state index contributed by atoms with van der Waals surface area (Å²) in [6.07, 6.45) is 0.138. The third-order valence-electron chi connectivity index (χ3n) is 3.18. The van der Waals surface area contributed by atoms with Crippen molar-refractivity contribution in [3.63, 3.8) is 0 Å². The van der Waals surface area contributed by atoms with E-state index in [-0.39, 0.29) is 17.6 Å². The lowest BCUT2D eigenvalue weighted by atomic mass is 10.1. The fourth-order valence-corrected chi connectivity index (χ4v) is 2.73. The van der Waals surface area contributed by atoms with Crippen molar-refractivity contribution in [2.24, 2.45) is 0 Å². The highest BCUT2D eigenvalue weighted by Crippen LogP contribution is 2.20. The van der Waals surface area contributed by atoms with Gasteiger partial charge in [-0.25, -0.2) is 0 Å². The first-order valence-corrected chi connectivity index (χ1v) is 6.90. The van der Waals surface area contributed by atoms with Gasteiger partial charge in [0.05, 0.1) is 18.2 Å². The number of carbonyl (C=O) groups is 1. The van der Waals surface area contributed by atoms with Crippen molar-refractivity contribution in [2.45, 2.75) is 32.5 Å². The average Bonchev–Trinajstić information content (AvgIpc) is 2.25. The van der Waals surface area contributed by atoms with Gasteiger partial charge in [-0.2, -0.15) is 0 Å². The van der Waals surface area contributed by atoms with Crippen molar-refractivity contribution in [3.8, 4) is 0 Å². The third-order valence-corrected chi connectivity index (χ3v) is 3.18. The molecule has 1 aromatic carbocycles. The number of benzene rings is 1. The molecule has 3 N–H and O–H groups in total. The van der Waals surface area contributed by atoms with Gasteiger partial charge in [-0.05, 0) is 39.0 Å². The van der Waals surface area contributed by atoms with E-state index in [1.165, 1.54) is 0 Å². The summed E-state index contributed by atoms with van der Waals surface area (Å²) in [5.74, 6) is -0.0273. The van der Waals surface area contributed by atoms with Crippen LogP contribution < -0.4 is 11.1 Å². The van der Waals surface area contributed by atoms with E-state index >= 15 is 0 Å². The van der Waals surface area contributed by atoms with Gasteiger partial charge >= 0.3 is 0 Å². The van der Waals surface area contributed by atoms with E-state index < -0.39 is 0 Å². The molecule has 0 bridgehead atoms. The van der Waals surface area contributed by atoms with Gasteiger partial charge in [0.2, 0.25) is 5.91 Å². The van der Waals surface area contributed by atoms with Crippen LogP contribution in [0.25, 0.3) is 0 Å². The van der Waals surface area contributed by atoms with Crippen LogP contribution in [0.4, 0.5) is 11.4 Å². The number of nitrogens with one attached hydrogen (secondary N) is 1. The summed E-state index contributed by atoms with van der Waals surface area (Å²) in [5, 5.41) is 2.87. The van der Waals surface area contributed by atoms with Crippen LogP contribution in [0, 0.1) is 0 Å². The Hall–Kier alpha value is -1.59. The van der Waals surface area contributed by atoms with Gasteiger partial charge in [0, 0.05) is 24.5 Å². The van der Waals surface area contributed by atoms with Crippen LogP contribution in [0.1, 0.15) is 20.8 Å². The Balaban J connectivity index is 1.91. The molecule has 1 amide bonds. The first-order valence-electron chi connectivity index (χ1n) is 6.90. The first-order chi connectivity index (χ1) is 9.34. The Kier molecular flexibility index (Phi) is 4.30. The lowest BCUT2D eigenvalue weighted by Crippen LogP contribution is -2.53. The monoisotopic (exact) mass is 277 g/mol. The van der Waals surface area contributed by atoms with Crippen molar-refractivity contribution >= 4 is 17.3 Å². The number of anilines is 2. The number of hydrogen-bond donors (Lipinski definition) is 2. The summed E-state index contributed by atoms with van der Waals surface area (Å²) < 4.78 is 5.83. The highest BCUT2D eigenvalue weighted by molar-refractivity contribution is 5.92. The molecule has 110 valence electrons. The highest BCUT2D eigenvalue weighted by atomic mass is 16.5. The van der Waals surface area contributed by atoms with E-state index in [0.29, 0.717) is 12.2 Å². The third kappa shape index (κ3) is 4.21. The second-order valence-corrected chi connectivity index (χ2v) is 6.03. The average molecular weight is 277 g/mol. The van der Waals surface area contributed by atoms with Crippen LogP contribution in [0.5, 0.6) is 0 Å². The molecular weight excluding hydrogens is 254 g/mol. The van der Waals surface area contributed by atoms with Crippen LogP contribution in [-0.2, 0) is 9.53 Å². The topological polar surface area (TPSA) is 67.6 Å². The maximum Gasteiger partial charge on any atom is 0.238 e. The molecule has 1 heterocycles. The number of hydrogen-bond acceptors (Lipinski definition) is 4. The Morgan fingerprint density at radius 3 is 2.95 bits per heavy atom. The summed E-state index contributed by atoms with van der Waals surface area (Å²) in [6.45, 7) is 8.02. The largest absolute Gasteiger partial charge is 0.399 e. The number of nitrogens with two attached hydrogens (primary N) is 1. The molecule has 1 aliphatic rings. The molecule has 1 aromatic rings. The maximum atomic E-state index is 12.1. The standard InChI is InChI=1S/C15H23N3O2/c1-11-8-18(10-15(2,3)20-11)9-14(19)17-13-6-4-5-12(16)7-13/h4-7,11H,8-10,16H2,1-3H3,(H,17,19). The zero-order chi connectivity index (χ0) is 14.8. The Morgan fingerprint density at radius 2 is 2.30 bits per heavy atom. The molecule has 0 aliphatic carbocycles. The van der Waals surface area contributed by atoms with Crippen LogP contribution in [-0.4, -0.2) is 42.1 Å². The van der Waals surface area contributed by atoms with Gasteiger partial charge in [-0.1, -0.05) is 6.07 Å². The van der Waals surface area contributed by atoms with Gasteiger partial charge < -0.3 is 15.8 Å². The lowest BCUT2D eigenvalue weighted by Gasteiger charge is -2.41. The molecule has 1 aliphatic heterocycles. The number of nitrogens with zero attached hydrogens (tertiary/aromatic N) is 1. The molecule has 20 heavy (non-hydrogen) atoms. The number of amides is 1. The molecule has 5 nitrogen and oxygen atoms in total. The Morgan fingerprint density at radius 1 is 1.55 bits per heavy atom. The molecular formula is C15H23N3O2. The summed E-state index contributed by atoms with van der Waals surface area (Å²) >= 11 is 0. The van der Waals surface area contributed by atoms with Gasteiger partial charge in [0.1, 0.15) is 0 Å². The predicted molar refractivity (Wildman–Crippen MR) is 80.6 cm³/mol. The predicted octanol–water partition coefficient (Wildman–Crippen LogP) is 1.71. The maximum absolute atomic E-state index is 12.1. The molecule has 1 unspecified atom stereocenters. The minimum atomic E-state index is -0.213. The summed E-state index contributed by atoms with van der Waals surface area (Å²) in [6, 6.07) is 7.20. The fourth-order valence-electron chi connectivity index (χ4n) is 2.73. The van der Waals surface area contributed by atoms with E-state index in [1.807, 2.05) is 32.9 Å². The molecule has 0 radical (unpaired) electrons. The Labute approximate surface area is 120 Å². The first kappa shape index (κ1) is 14.8. The van der Waals surface area contributed by atoms with E-state index in [0.717, 1.165) is 18.8 Å². The number of rotatable bonds is 3. The van der Waals surface area contributed by atoms with Crippen LogP contribution in [0.2, 0.25) is 0 Å². The minimum absolute atomic E-state index is 0.0273. The number of carbonyl (C=O) groups excluding carboxylic acids is 1. The molecule has 0 saturated carbocycles. The van der Waals surface area contributed by atoms with Crippen LogP contribution in [0.3, 0.4) is 0 Å². The fraction of sp³-hybridized carbons (Fsp3) is 0.533. The zero-order valence-corrected chi connectivity index (χ0v) is 12.3. The van der Waals surface area contributed by atoms with Gasteiger partial charge in [-0.15, -0.1) is 0 Å². The lowest BCUT2D eigenvalue weighted by molar-refractivity contribution is -0.136. The van der Waals surface area contributed by atoms with E-state index in [9.17, 15) is 4.79 Å². The van der Waals surface area contributed by atoms with E-state index in [2.05, 4.69) is 10.2 Å². The van der Waals surface area contributed by atoms with E-state index in [1.54, 1.807) is 12.1 Å².